The van der Waals surface area contributed by atoms with Gasteiger partial charge >= 0.3 is 0 Å². The molecule has 0 saturated heterocycles. The maximum absolute atomic E-state index is 14.4. The Labute approximate surface area is 238 Å². The first-order valence-corrected chi connectivity index (χ1v) is 13.2. The molecule has 0 fully saturated rings. The molecule has 0 aliphatic rings. The number of para-hydroxylation sites is 1. The normalized spacial score (nSPS) is 11.6. The molecule has 9 nitrogen and oxygen atoms in total. The number of amides is 2. The summed E-state index contributed by atoms with van der Waals surface area (Å²) in [6, 6.07) is 28.7. The lowest BCUT2D eigenvalue weighted by Crippen LogP contribution is -2.45. The van der Waals surface area contributed by atoms with Crippen molar-refractivity contribution in [3.05, 3.63) is 114 Å². The van der Waals surface area contributed by atoms with Gasteiger partial charge in [0.25, 0.3) is 0 Å². The summed E-state index contributed by atoms with van der Waals surface area (Å²) < 4.78 is 12.6. The minimum atomic E-state index is -1.01. The molecular weight excluding hydrogens is 518 g/mol. The molecule has 4 aromatic carbocycles. The van der Waals surface area contributed by atoms with E-state index >= 15 is 0 Å². The van der Waals surface area contributed by atoms with E-state index in [9.17, 15) is 9.59 Å². The van der Waals surface area contributed by atoms with Crippen LogP contribution in [0, 0.1) is 6.92 Å². The number of anilines is 1. The number of hydrogen-bond donors (Lipinski definition) is 1. The molecule has 5 rings (SSSR count). The largest absolute Gasteiger partial charge is 0.497 e. The number of fused-ring (bicyclic) bond motifs is 1. The second-order valence-electron chi connectivity index (χ2n) is 9.50. The Morgan fingerprint density at radius 1 is 0.902 bits per heavy atom. The molecule has 0 saturated carbocycles. The Morgan fingerprint density at radius 2 is 1.63 bits per heavy atom. The molecule has 1 atom stereocenters. The van der Waals surface area contributed by atoms with Gasteiger partial charge in [0.15, 0.2) is 0 Å². The van der Waals surface area contributed by atoms with Gasteiger partial charge in [0, 0.05) is 12.6 Å². The Hall–Kier alpha value is -5.18. The standard InChI is InChI=1S/C32H31N5O4/c1-22-11-7-8-14-25(22)31(32(39)33-20-23-12-5-4-6-13-23)37(28-18-17-24(40-2)19-29(28)41-3)30(38)21-36-27-16-10-9-15-26(27)34-35-36/h4-19,31H,20-21H2,1-3H3,(H,33,39)/t31-/m1/s1. The van der Waals surface area contributed by atoms with Crippen molar-refractivity contribution in [2.45, 2.75) is 26.1 Å². The lowest BCUT2D eigenvalue weighted by Gasteiger charge is -2.33. The van der Waals surface area contributed by atoms with E-state index in [4.69, 9.17) is 9.47 Å². The predicted molar refractivity (Wildman–Crippen MR) is 157 cm³/mol. The number of ether oxygens (including phenoxy) is 2. The first-order valence-electron chi connectivity index (χ1n) is 13.2. The summed E-state index contributed by atoms with van der Waals surface area (Å²) in [4.78, 5) is 30.0. The number of aromatic nitrogens is 3. The van der Waals surface area contributed by atoms with Gasteiger partial charge in [0.2, 0.25) is 11.8 Å². The van der Waals surface area contributed by atoms with Crippen molar-refractivity contribution < 1.29 is 19.1 Å². The fraction of sp³-hybridized carbons (Fsp3) is 0.188. The average Bonchev–Trinajstić information content (AvgIpc) is 3.42. The van der Waals surface area contributed by atoms with E-state index in [1.165, 1.54) is 16.7 Å². The van der Waals surface area contributed by atoms with E-state index in [2.05, 4.69) is 15.6 Å². The molecule has 5 aromatic rings. The zero-order valence-corrected chi connectivity index (χ0v) is 23.2. The van der Waals surface area contributed by atoms with Crippen LogP contribution >= 0.6 is 0 Å². The molecule has 0 radical (unpaired) electrons. The number of carbonyl (C=O) groups is 2. The summed E-state index contributed by atoms with van der Waals surface area (Å²) in [6.45, 7) is 2.08. The zero-order chi connectivity index (χ0) is 28.8. The van der Waals surface area contributed by atoms with Gasteiger partial charge in [-0.3, -0.25) is 14.5 Å². The van der Waals surface area contributed by atoms with E-state index in [1.54, 1.807) is 25.3 Å². The van der Waals surface area contributed by atoms with Gasteiger partial charge in [0.1, 0.15) is 29.6 Å². The van der Waals surface area contributed by atoms with Crippen molar-refractivity contribution >= 4 is 28.5 Å². The van der Waals surface area contributed by atoms with E-state index < -0.39 is 6.04 Å². The maximum Gasteiger partial charge on any atom is 0.249 e. The SMILES string of the molecule is COc1ccc(N(C(=O)Cn2nnc3ccccc32)[C@@H](C(=O)NCc2ccccc2)c2ccccc2C)c(OC)c1. The highest BCUT2D eigenvalue weighted by Gasteiger charge is 2.35. The van der Waals surface area contributed by atoms with Gasteiger partial charge in [-0.05, 0) is 47.9 Å². The zero-order valence-electron chi connectivity index (χ0n) is 23.2. The molecule has 1 heterocycles. The summed E-state index contributed by atoms with van der Waals surface area (Å²) in [5.41, 5.74) is 4.30. The first kappa shape index (κ1) is 27.4. The van der Waals surface area contributed by atoms with Crippen LogP contribution in [0.2, 0.25) is 0 Å². The van der Waals surface area contributed by atoms with Crippen LogP contribution in [-0.2, 0) is 22.7 Å². The Balaban J connectivity index is 1.62. The van der Waals surface area contributed by atoms with E-state index in [1.807, 2.05) is 85.8 Å². The second kappa shape index (κ2) is 12.3. The number of nitrogens with zero attached hydrogens (tertiary/aromatic N) is 4. The third-order valence-electron chi connectivity index (χ3n) is 6.92. The fourth-order valence-corrected chi connectivity index (χ4v) is 4.81. The number of benzene rings is 4. The maximum atomic E-state index is 14.4. The van der Waals surface area contributed by atoms with Crippen molar-refractivity contribution in [3.8, 4) is 11.5 Å². The fourth-order valence-electron chi connectivity index (χ4n) is 4.81. The number of aryl methyl sites for hydroxylation is 1. The summed E-state index contributed by atoms with van der Waals surface area (Å²) in [7, 11) is 3.07. The second-order valence-corrected chi connectivity index (χ2v) is 9.50. The minimum Gasteiger partial charge on any atom is -0.497 e. The monoisotopic (exact) mass is 549 g/mol. The predicted octanol–water partition coefficient (Wildman–Crippen LogP) is 4.85. The smallest absolute Gasteiger partial charge is 0.249 e. The molecule has 9 heteroatoms. The van der Waals surface area contributed by atoms with Crippen molar-refractivity contribution in [1.29, 1.82) is 0 Å². The van der Waals surface area contributed by atoms with Gasteiger partial charge in [-0.15, -0.1) is 5.10 Å². The van der Waals surface area contributed by atoms with Crippen LogP contribution in [0.3, 0.4) is 0 Å². The van der Waals surface area contributed by atoms with Crippen LogP contribution in [0.15, 0.2) is 97.1 Å². The van der Waals surface area contributed by atoms with Crippen LogP contribution in [-0.4, -0.2) is 41.0 Å². The molecule has 0 aliphatic heterocycles. The van der Waals surface area contributed by atoms with Crippen LogP contribution in [0.1, 0.15) is 22.7 Å². The molecule has 208 valence electrons. The molecule has 1 aromatic heterocycles. The van der Waals surface area contributed by atoms with Crippen LogP contribution in [0.25, 0.3) is 11.0 Å². The first-order chi connectivity index (χ1) is 20.0. The van der Waals surface area contributed by atoms with Gasteiger partial charge in [-0.2, -0.15) is 0 Å². The van der Waals surface area contributed by atoms with Crippen molar-refractivity contribution in [3.63, 3.8) is 0 Å². The molecule has 1 N–H and O–H groups in total. The van der Waals surface area contributed by atoms with Gasteiger partial charge in [-0.25, -0.2) is 4.68 Å². The molecule has 0 unspecified atom stereocenters. The number of rotatable bonds is 10. The molecular formula is C32H31N5O4. The number of nitrogens with one attached hydrogen (secondary N) is 1. The molecule has 2 amide bonds. The number of hydrogen-bond acceptors (Lipinski definition) is 6. The Morgan fingerprint density at radius 3 is 2.39 bits per heavy atom. The highest BCUT2D eigenvalue weighted by Crippen LogP contribution is 2.38. The molecule has 0 spiro atoms. The molecule has 0 bridgehead atoms. The quantitative estimate of drug-likeness (QED) is 0.268. The number of carbonyl (C=O) groups excluding carboxylic acids is 2. The summed E-state index contributed by atoms with van der Waals surface area (Å²) in [5.74, 6) is 0.238. The minimum absolute atomic E-state index is 0.149. The number of methoxy groups -OCH3 is 2. The lowest BCUT2D eigenvalue weighted by molar-refractivity contribution is -0.127. The summed E-state index contributed by atoms with van der Waals surface area (Å²) >= 11 is 0. The third kappa shape index (κ3) is 5.89. The van der Waals surface area contributed by atoms with Crippen LogP contribution < -0.4 is 19.7 Å². The van der Waals surface area contributed by atoms with Gasteiger partial charge < -0.3 is 14.8 Å². The lowest BCUT2D eigenvalue weighted by atomic mass is 9.97. The van der Waals surface area contributed by atoms with E-state index in [0.29, 0.717) is 40.3 Å². The highest BCUT2D eigenvalue weighted by molar-refractivity contribution is 6.02. The van der Waals surface area contributed by atoms with Crippen LogP contribution in [0.5, 0.6) is 11.5 Å². The topological polar surface area (TPSA) is 98.6 Å². The third-order valence-corrected chi connectivity index (χ3v) is 6.92. The van der Waals surface area contributed by atoms with E-state index in [-0.39, 0.29) is 18.4 Å². The summed E-state index contributed by atoms with van der Waals surface area (Å²) in [5, 5.41) is 11.5. The van der Waals surface area contributed by atoms with Crippen molar-refractivity contribution in [2.75, 3.05) is 19.1 Å². The van der Waals surface area contributed by atoms with Crippen molar-refractivity contribution in [1.82, 2.24) is 20.3 Å². The molecule has 0 aliphatic carbocycles. The molecule has 41 heavy (non-hydrogen) atoms. The Kier molecular flexibility index (Phi) is 8.24. The van der Waals surface area contributed by atoms with Crippen LogP contribution in [0.4, 0.5) is 5.69 Å². The Bertz CT molecular complexity index is 1670. The average molecular weight is 550 g/mol. The van der Waals surface area contributed by atoms with E-state index in [0.717, 1.165) is 11.1 Å². The highest BCUT2D eigenvalue weighted by atomic mass is 16.5. The van der Waals surface area contributed by atoms with Crippen molar-refractivity contribution in [2.24, 2.45) is 0 Å². The van der Waals surface area contributed by atoms with Gasteiger partial charge in [-0.1, -0.05) is 71.9 Å². The summed E-state index contributed by atoms with van der Waals surface area (Å²) in [6.07, 6.45) is 0. The van der Waals surface area contributed by atoms with Gasteiger partial charge in [0.05, 0.1) is 25.4 Å².